The topological polar surface area (TPSA) is 21.6 Å². The number of nitrogens with zero attached hydrogens (tertiary/aromatic N) is 1. The first-order valence-corrected chi connectivity index (χ1v) is 4.46. The Hall–Kier alpha value is -0.790. The van der Waals surface area contributed by atoms with Gasteiger partial charge in [0.15, 0.2) is 0 Å². The number of allylic oxidation sites excluding steroid dienone is 2. The summed E-state index contributed by atoms with van der Waals surface area (Å²) in [5.41, 5.74) is 0. The zero-order chi connectivity index (χ0) is 9.56. The van der Waals surface area contributed by atoms with Crippen molar-refractivity contribution in [2.24, 2.45) is 17.0 Å². The highest BCUT2D eigenvalue weighted by atomic mass is 16.6. The fourth-order valence-electron chi connectivity index (χ4n) is 1.41. The third kappa shape index (κ3) is 3.07. The molecule has 2 nitrogen and oxygen atoms in total. The van der Waals surface area contributed by atoms with Crippen LogP contribution >= 0.6 is 0 Å². The molecule has 0 aliphatic rings. The molecule has 2 heteroatoms. The van der Waals surface area contributed by atoms with Crippen LogP contribution in [0.4, 0.5) is 0 Å². The van der Waals surface area contributed by atoms with E-state index in [0.717, 1.165) is 12.2 Å². The van der Waals surface area contributed by atoms with Crippen LogP contribution in [0.25, 0.3) is 0 Å². The summed E-state index contributed by atoms with van der Waals surface area (Å²) < 4.78 is 0. The fourth-order valence-corrected chi connectivity index (χ4v) is 1.41. The lowest BCUT2D eigenvalue weighted by molar-refractivity contribution is 0.169. The molecule has 1 unspecified atom stereocenters. The van der Waals surface area contributed by atoms with Crippen molar-refractivity contribution in [3.63, 3.8) is 0 Å². The Kier molecular flexibility index (Phi) is 5.43. The van der Waals surface area contributed by atoms with E-state index in [1.54, 1.807) is 0 Å². The van der Waals surface area contributed by atoms with Crippen LogP contribution in [0.15, 0.2) is 17.0 Å². The summed E-state index contributed by atoms with van der Waals surface area (Å²) >= 11 is 0. The Morgan fingerprint density at radius 3 is 2.42 bits per heavy atom. The van der Waals surface area contributed by atoms with Crippen molar-refractivity contribution in [1.82, 2.24) is 0 Å². The van der Waals surface area contributed by atoms with Gasteiger partial charge in [-0.05, 0) is 25.3 Å². The molecule has 0 aromatic rings. The number of rotatable bonds is 5. The molecule has 0 aliphatic heterocycles. The van der Waals surface area contributed by atoms with Crippen molar-refractivity contribution >= 4 is 6.72 Å². The molecule has 12 heavy (non-hydrogen) atoms. The quantitative estimate of drug-likeness (QED) is 0.352. The second kappa shape index (κ2) is 5.81. The first kappa shape index (κ1) is 11.2. The highest BCUT2D eigenvalue weighted by Crippen LogP contribution is 2.24. The summed E-state index contributed by atoms with van der Waals surface area (Å²) in [6.07, 6.45) is 3.04. The molecule has 0 amide bonds. The molecule has 0 radical (unpaired) electrons. The van der Waals surface area contributed by atoms with Gasteiger partial charge in [-0.15, -0.1) is 0 Å². The van der Waals surface area contributed by atoms with Crippen LogP contribution in [0.2, 0.25) is 0 Å². The maximum atomic E-state index is 5.08. The molecule has 0 heterocycles. The molecular formula is C10H19NO. The molecule has 0 spiro atoms. The lowest BCUT2D eigenvalue weighted by Gasteiger charge is -2.19. The monoisotopic (exact) mass is 169 g/mol. The minimum absolute atomic E-state index is 0.459. The van der Waals surface area contributed by atoms with Crippen LogP contribution in [-0.4, -0.2) is 6.72 Å². The van der Waals surface area contributed by atoms with Gasteiger partial charge in [-0.3, -0.25) is 0 Å². The van der Waals surface area contributed by atoms with Gasteiger partial charge >= 0.3 is 0 Å². The van der Waals surface area contributed by atoms with Crippen molar-refractivity contribution < 1.29 is 4.84 Å². The molecule has 0 fully saturated rings. The van der Waals surface area contributed by atoms with Gasteiger partial charge in [0, 0.05) is 12.6 Å². The zero-order valence-corrected chi connectivity index (χ0v) is 8.50. The van der Waals surface area contributed by atoms with E-state index in [9.17, 15) is 0 Å². The summed E-state index contributed by atoms with van der Waals surface area (Å²) in [5.74, 6) is 1.98. The van der Waals surface area contributed by atoms with Crippen molar-refractivity contribution in [1.29, 1.82) is 0 Å². The van der Waals surface area contributed by atoms with Gasteiger partial charge in [-0.1, -0.05) is 25.9 Å². The Morgan fingerprint density at radius 1 is 1.58 bits per heavy atom. The minimum Gasteiger partial charge on any atom is -0.362 e. The van der Waals surface area contributed by atoms with Crippen LogP contribution in [0.3, 0.4) is 0 Å². The van der Waals surface area contributed by atoms with E-state index in [4.69, 9.17) is 4.84 Å². The van der Waals surface area contributed by atoms with E-state index in [1.807, 2.05) is 13.0 Å². The molecule has 0 N–H and O–H groups in total. The summed E-state index contributed by atoms with van der Waals surface area (Å²) in [4.78, 5) is 5.08. The van der Waals surface area contributed by atoms with Crippen molar-refractivity contribution in [3.05, 3.63) is 11.8 Å². The van der Waals surface area contributed by atoms with Crippen LogP contribution in [0, 0.1) is 11.8 Å². The van der Waals surface area contributed by atoms with Gasteiger partial charge in [-0.25, -0.2) is 0 Å². The molecule has 0 saturated carbocycles. The van der Waals surface area contributed by atoms with Crippen LogP contribution in [0.5, 0.6) is 0 Å². The van der Waals surface area contributed by atoms with Crippen LogP contribution < -0.4 is 0 Å². The lowest BCUT2D eigenvalue weighted by atomic mass is 9.91. The normalized spacial score (nSPS) is 14.6. The largest absolute Gasteiger partial charge is 0.362 e. The van der Waals surface area contributed by atoms with E-state index in [2.05, 4.69) is 32.6 Å². The summed E-state index contributed by atoms with van der Waals surface area (Å²) in [6, 6.07) is 0. The Bertz CT molecular complexity index is 161. The van der Waals surface area contributed by atoms with Crippen LogP contribution in [0.1, 0.15) is 34.1 Å². The molecule has 0 saturated heterocycles. The van der Waals surface area contributed by atoms with Gasteiger partial charge in [0.25, 0.3) is 0 Å². The third-order valence-corrected chi connectivity index (χ3v) is 2.06. The SMILES string of the molecule is C=NO/C(=C\C)C(CC)C(C)C. The number of oxime groups is 1. The Morgan fingerprint density at radius 2 is 2.17 bits per heavy atom. The first-order valence-electron chi connectivity index (χ1n) is 4.46. The molecule has 70 valence electrons. The van der Waals surface area contributed by atoms with Crippen molar-refractivity contribution in [2.45, 2.75) is 34.1 Å². The summed E-state index contributed by atoms with van der Waals surface area (Å²) in [5, 5.41) is 3.44. The Labute approximate surface area is 75.3 Å². The maximum Gasteiger partial charge on any atom is 0.134 e. The maximum absolute atomic E-state index is 5.08. The Balaban J connectivity index is 4.34. The summed E-state index contributed by atoms with van der Waals surface area (Å²) in [7, 11) is 0. The molecule has 0 rings (SSSR count). The van der Waals surface area contributed by atoms with E-state index in [0.29, 0.717) is 11.8 Å². The molecule has 0 bridgehead atoms. The minimum atomic E-state index is 0.459. The molecular weight excluding hydrogens is 150 g/mol. The highest BCUT2D eigenvalue weighted by Gasteiger charge is 2.17. The predicted molar refractivity (Wildman–Crippen MR) is 53.0 cm³/mol. The lowest BCUT2D eigenvalue weighted by Crippen LogP contribution is -2.11. The smallest absolute Gasteiger partial charge is 0.134 e. The standard InChI is InChI=1S/C10H19NO/c1-6-9(8(3)4)10(7-2)12-11-5/h7-9H,5-6H2,1-4H3/b10-7-. The molecule has 0 aromatic carbocycles. The van der Waals surface area contributed by atoms with Gasteiger partial charge < -0.3 is 4.84 Å². The molecule has 0 aromatic heterocycles. The van der Waals surface area contributed by atoms with E-state index in [-0.39, 0.29) is 0 Å². The van der Waals surface area contributed by atoms with Gasteiger partial charge in [0.05, 0.1) is 0 Å². The number of hydrogen-bond donors (Lipinski definition) is 0. The average Bonchev–Trinajstić information content (AvgIpc) is 2.03. The molecule has 1 atom stereocenters. The average molecular weight is 169 g/mol. The van der Waals surface area contributed by atoms with Gasteiger partial charge in [0.1, 0.15) is 5.76 Å². The highest BCUT2D eigenvalue weighted by molar-refractivity contribution is 5.21. The summed E-state index contributed by atoms with van der Waals surface area (Å²) in [6.45, 7) is 11.8. The van der Waals surface area contributed by atoms with Crippen molar-refractivity contribution in [3.8, 4) is 0 Å². The second-order valence-electron chi connectivity index (χ2n) is 3.17. The van der Waals surface area contributed by atoms with E-state index in [1.165, 1.54) is 0 Å². The zero-order valence-electron chi connectivity index (χ0n) is 8.50. The molecule has 0 aliphatic carbocycles. The predicted octanol–water partition coefficient (Wildman–Crippen LogP) is 3.20. The number of hydrogen-bond acceptors (Lipinski definition) is 2. The fraction of sp³-hybridized carbons (Fsp3) is 0.700. The van der Waals surface area contributed by atoms with Gasteiger partial charge in [0.2, 0.25) is 0 Å². The van der Waals surface area contributed by atoms with Crippen molar-refractivity contribution in [2.75, 3.05) is 0 Å². The first-order chi connectivity index (χ1) is 5.67. The van der Waals surface area contributed by atoms with Gasteiger partial charge in [-0.2, -0.15) is 0 Å². The second-order valence-corrected chi connectivity index (χ2v) is 3.17. The van der Waals surface area contributed by atoms with E-state index >= 15 is 0 Å². The van der Waals surface area contributed by atoms with E-state index < -0.39 is 0 Å². The van der Waals surface area contributed by atoms with Crippen LogP contribution in [-0.2, 0) is 4.84 Å². The third-order valence-electron chi connectivity index (χ3n) is 2.06.